The lowest BCUT2D eigenvalue weighted by molar-refractivity contribution is 0.669. The fraction of sp³-hybridized carbons (Fsp3) is 0.0149. The third-order valence-electron chi connectivity index (χ3n) is 29.8. The molecule has 147 heavy (non-hydrogen) atoms. The first-order valence-electron chi connectivity index (χ1n) is 49.7. The summed E-state index contributed by atoms with van der Waals surface area (Å²) in [5, 5.41) is 14.8. The molecule has 11 nitrogen and oxygen atoms in total. The minimum absolute atomic E-state index is 0.742. The van der Waals surface area contributed by atoms with Crippen LogP contribution in [-0.4, -0.2) is 55.9 Å². The molecule has 28 aromatic rings. The molecule has 2 aliphatic heterocycles. The summed E-state index contributed by atoms with van der Waals surface area (Å²) in [5.74, 6) is 0.742. The van der Waals surface area contributed by atoms with Crippen molar-refractivity contribution in [2.75, 3.05) is 0 Å². The number of aromatic nitrogens is 9. The van der Waals surface area contributed by atoms with Crippen molar-refractivity contribution in [1.29, 1.82) is 0 Å². The molecule has 0 radical (unpaired) electrons. The fourth-order valence-electron chi connectivity index (χ4n) is 22.5. The number of hydrogen-bond donors (Lipinski definition) is 0. The monoisotopic (exact) mass is 1910 g/mol. The minimum Gasteiger partial charge on any atom is -0.456 e. The summed E-state index contributed by atoms with van der Waals surface area (Å²) in [4.78, 5) is 29.8. The summed E-state index contributed by atoms with van der Waals surface area (Å²) in [7, 11) is -2.94. The molecule has 0 fully saturated rings. The Morgan fingerprint density at radius 1 is 0.238 bits per heavy atom. The van der Waals surface area contributed by atoms with Crippen LogP contribution >= 0.6 is 0 Å². The van der Waals surface area contributed by atoms with Crippen LogP contribution in [0.1, 0.15) is 0 Å². The van der Waals surface area contributed by atoms with Gasteiger partial charge in [0.1, 0.15) is 25.6 Å². The second kappa shape index (κ2) is 35.1. The maximum absolute atomic E-state index is 13.4. The molecule has 0 N–H and O–H groups in total. The number of hydrogen-bond acceptors (Lipinski definition) is 8. The van der Waals surface area contributed by atoms with E-state index < -0.39 is 18.9 Å². The van der Waals surface area contributed by atoms with Gasteiger partial charge in [0, 0.05) is 93.8 Å². The second-order valence-corrected chi connectivity index (χ2v) is 44.3. The first-order valence-corrected chi connectivity index (χ1v) is 53.8. The van der Waals surface area contributed by atoms with Gasteiger partial charge in [0.25, 0.3) is 0 Å². The van der Waals surface area contributed by atoms with Gasteiger partial charge in [0.15, 0.2) is 5.82 Å². The van der Waals surface area contributed by atoms with Crippen LogP contribution in [0.2, 0.25) is 13.1 Å². The first kappa shape index (κ1) is 86.1. The van der Waals surface area contributed by atoms with Gasteiger partial charge in [-0.05, 0) is 251 Å². The molecule has 2 aliphatic rings. The molecule has 1 unspecified atom stereocenters. The SMILES string of the molecule is C[Si]1(C)c2ccccc2-c2ccc(-c3cccc(-n4c5ccccc5c5cc(-c6ccc(-c7ncc8ccccc8n7)cc6)ccc54)c3)cc21.O=S1c2ccccc2-c2ccc(-c3cccc(-n4c5ccccc5c5cc(-c6ccc(-c7ncnc8ccccc78)cc6)ccc54)c3)cc21.c1cc(-c2ccc3c(c2)c2ccccc2n3-c2cccc(-c3ccc4c(c3)oc3ccccc34)c2)cc(-c2cnc3ccccc3n2)c1. The Morgan fingerprint density at radius 2 is 0.660 bits per heavy atom. The normalized spacial score (nSPS) is 12.8. The van der Waals surface area contributed by atoms with Crippen LogP contribution in [0.15, 0.2) is 506 Å². The van der Waals surface area contributed by atoms with Crippen molar-refractivity contribution in [2.24, 2.45) is 0 Å². The lowest BCUT2D eigenvalue weighted by Gasteiger charge is -2.19. The van der Waals surface area contributed by atoms with E-state index in [2.05, 4.69) is 423 Å². The zero-order valence-corrected chi connectivity index (χ0v) is 81.8. The van der Waals surface area contributed by atoms with E-state index in [1.807, 2.05) is 109 Å². The highest BCUT2D eigenvalue weighted by Crippen LogP contribution is 2.47. The molecular weight excluding hydrogens is 1830 g/mol. The van der Waals surface area contributed by atoms with E-state index in [-0.39, 0.29) is 0 Å². The van der Waals surface area contributed by atoms with E-state index in [0.717, 1.165) is 177 Å². The van der Waals surface area contributed by atoms with Crippen LogP contribution in [-0.2, 0) is 10.8 Å². The highest BCUT2D eigenvalue weighted by molar-refractivity contribution is 7.85. The van der Waals surface area contributed by atoms with Crippen LogP contribution in [0.3, 0.4) is 0 Å². The van der Waals surface area contributed by atoms with Crippen molar-refractivity contribution in [1.82, 2.24) is 43.6 Å². The maximum atomic E-state index is 13.4. The van der Waals surface area contributed by atoms with Crippen molar-refractivity contribution in [3.63, 3.8) is 0 Å². The molecular formula is C134H87N9O2SSi. The van der Waals surface area contributed by atoms with Gasteiger partial charge < -0.3 is 18.1 Å². The van der Waals surface area contributed by atoms with Crippen LogP contribution in [0, 0.1) is 0 Å². The minimum atomic E-state index is -1.76. The Morgan fingerprint density at radius 3 is 1.29 bits per heavy atom. The van der Waals surface area contributed by atoms with Gasteiger partial charge in [0.05, 0.1) is 93.3 Å². The molecule has 21 aromatic carbocycles. The largest absolute Gasteiger partial charge is 0.456 e. The molecule has 7 aromatic heterocycles. The molecule has 690 valence electrons. The smallest absolute Gasteiger partial charge is 0.159 e. The molecule has 0 bridgehead atoms. The van der Waals surface area contributed by atoms with Crippen LogP contribution in [0.5, 0.6) is 0 Å². The topological polar surface area (TPSA) is 122 Å². The van der Waals surface area contributed by atoms with Gasteiger partial charge in [0.2, 0.25) is 0 Å². The van der Waals surface area contributed by atoms with E-state index in [1.165, 1.54) is 98.6 Å². The van der Waals surface area contributed by atoms with Crippen molar-refractivity contribution < 1.29 is 8.63 Å². The van der Waals surface area contributed by atoms with Crippen molar-refractivity contribution >= 4 is 149 Å². The number of para-hydroxylation sites is 8. The lowest BCUT2D eigenvalue weighted by Crippen LogP contribution is -2.49. The fourth-order valence-corrected chi connectivity index (χ4v) is 27.1. The van der Waals surface area contributed by atoms with Gasteiger partial charge in [-0.2, -0.15) is 0 Å². The van der Waals surface area contributed by atoms with Gasteiger partial charge >= 0.3 is 0 Å². The van der Waals surface area contributed by atoms with E-state index in [9.17, 15) is 4.21 Å². The quantitative estimate of drug-likeness (QED) is 0.111. The summed E-state index contributed by atoms with van der Waals surface area (Å²) in [6, 6.07) is 168. The third kappa shape index (κ3) is 14.9. The number of nitrogens with zero attached hydrogens (tertiary/aromatic N) is 9. The Labute approximate surface area is 850 Å². The lowest BCUT2D eigenvalue weighted by atomic mass is 9.99. The first-order chi connectivity index (χ1) is 72.5. The van der Waals surface area contributed by atoms with Crippen LogP contribution in [0.4, 0.5) is 0 Å². The summed E-state index contributed by atoms with van der Waals surface area (Å²) >= 11 is 0. The number of benzene rings is 21. The second-order valence-electron chi connectivity index (χ2n) is 38.6. The van der Waals surface area contributed by atoms with E-state index in [4.69, 9.17) is 14.4 Å². The van der Waals surface area contributed by atoms with E-state index in [0.29, 0.717) is 0 Å². The maximum Gasteiger partial charge on any atom is 0.159 e. The Balaban J connectivity index is 0.000000107. The van der Waals surface area contributed by atoms with Gasteiger partial charge in [-0.3, -0.25) is 4.98 Å². The summed E-state index contributed by atoms with van der Waals surface area (Å²) in [5.41, 5.74) is 39.7. The third-order valence-corrected chi connectivity index (χ3v) is 34.8. The molecule has 1 atom stereocenters. The molecule has 0 aliphatic carbocycles. The highest BCUT2D eigenvalue weighted by atomic mass is 32.2. The predicted octanol–water partition coefficient (Wildman–Crippen LogP) is 33.0. The molecule has 0 saturated heterocycles. The summed E-state index contributed by atoms with van der Waals surface area (Å²) < 4.78 is 26.7. The summed E-state index contributed by atoms with van der Waals surface area (Å²) in [6.07, 6.45) is 5.40. The van der Waals surface area contributed by atoms with Crippen molar-refractivity contribution in [3.05, 3.63) is 492 Å². The predicted molar refractivity (Wildman–Crippen MR) is 610 cm³/mol. The zero-order valence-electron chi connectivity index (χ0n) is 80.0. The van der Waals surface area contributed by atoms with E-state index >= 15 is 0 Å². The number of rotatable bonds is 12. The number of fused-ring (bicyclic) bond motifs is 21. The zero-order chi connectivity index (χ0) is 97.5. The summed E-state index contributed by atoms with van der Waals surface area (Å²) in [6.45, 7) is 4.97. The number of furan rings is 1. The Bertz CT molecular complexity index is 10300. The molecule has 30 rings (SSSR count). The molecule has 0 amide bonds. The van der Waals surface area contributed by atoms with Crippen LogP contribution in [0.25, 0.3) is 260 Å². The molecule has 0 saturated carbocycles. The Kier molecular flexibility index (Phi) is 20.6. The molecule has 0 spiro atoms. The van der Waals surface area contributed by atoms with Gasteiger partial charge in [-0.15, -0.1) is 0 Å². The average molecular weight is 1920 g/mol. The van der Waals surface area contributed by atoms with Crippen molar-refractivity contribution in [2.45, 2.75) is 22.9 Å². The van der Waals surface area contributed by atoms with Gasteiger partial charge in [-0.25, -0.2) is 29.1 Å². The van der Waals surface area contributed by atoms with Gasteiger partial charge in [-0.1, -0.05) is 335 Å². The highest BCUT2D eigenvalue weighted by Gasteiger charge is 2.38. The van der Waals surface area contributed by atoms with Crippen molar-refractivity contribution in [3.8, 4) is 140 Å². The Hall–Kier alpha value is -18.8. The average Bonchev–Trinajstić information content (AvgIpc) is 1.67. The van der Waals surface area contributed by atoms with Crippen LogP contribution < -0.4 is 10.4 Å². The molecule has 13 heteroatoms. The van der Waals surface area contributed by atoms with E-state index in [1.54, 1.807) is 11.5 Å². The standard InChI is InChI=1S/C46H33N3Si.C44H27N3OS.C44H27N3O/c1-50(2)44-17-8-5-14-38(44)39-24-22-34(28-45(39)50)32-11-9-12-36(26-32)49-42-16-7-4-13-37(42)40-27-33(23-25-43(40)49)30-18-20-31(21-19-30)46-47-29-35-10-3-6-15-41(35)48-46;48-49-42-15-6-3-11-35(42)36-22-20-32(26-43(36)49)30-8-7-9-33(24-30)47-40-14-5-2-10-34(40)38-25-31(21-23-41(38)47)28-16-18-29(19-17-28)44-37-12-1-4-13-39(37)45-27-46-44;1-5-17-41-34(13-1)37-25-30(28-9-7-11-32(23-28)40-27-45-38-15-3-4-16-39(38)46-40)20-22-42(37)47(41)33-12-8-10-29(24-33)31-19-21-36-35-14-2-6-18-43(35)48-44(36)26-31/h3-29H,1-2H3;1-27H;1-27H. The molecule has 9 heterocycles.